The van der Waals surface area contributed by atoms with Crippen molar-refractivity contribution in [1.82, 2.24) is 4.90 Å². The topological polar surface area (TPSA) is 59.0 Å². The van der Waals surface area contributed by atoms with Crippen LogP contribution in [0, 0.1) is 0 Å². The van der Waals surface area contributed by atoms with Crippen molar-refractivity contribution in [1.29, 1.82) is 0 Å². The van der Waals surface area contributed by atoms with E-state index in [1.54, 1.807) is 23.1 Å². The second-order valence-electron chi connectivity index (χ2n) is 4.20. The van der Waals surface area contributed by atoms with Crippen molar-refractivity contribution in [3.8, 4) is 17.2 Å². The lowest BCUT2D eigenvalue weighted by atomic mass is 10.1. The number of carbonyl (C=O) groups is 1. The number of phenols is 1. The van der Waals surface area contributed by atoms with Crippen LogP contribution in [0.4, 0.5) is 0 Å². The van der Waals surface area contributed by atoms with Gasteiger partial charge < -0.3 is 14.6 Å². The number of nitrogens with zero attached hydrogens (tertiary/aromatic N) is 1. The first-order valence-corrected chi connectivity index (χ1v) is 7.44. The summed E-state index contributed by atoms with van der Waals surface area (Å²) in [6.07, 6.45) is 1.71. The van der Waals surface area contributed by atoms with Gasteiger partial charge in [-0.05, 0) is 30.7 Å². The zero-order valence-electron chi connectivity index (χ0n) is 11.9. The molecule has 0 atom stereocenters. The Morgan fingerprint density at radius 2 is 1.90 bits per heavy atom. The van der Waals surface area contributed by atoms with E-state index < -0.39 is 0 Å². The summed E-state index contributed by atoms with van der Waals surface area (Å²) in [6, 6.07) is 3.27. The van der Waals surface area contributed by atoms with Crippen molar-refractivity contribution < 1.29 is 19.4 Å². The molecule has 0 unspecified atom stereocenters. The Morgan fingerprint density at radius 3 is 2.33 bits per heavy atom. The number of phenolic OH excluding ortho intramolecular Hbond substituents is 1. The molecule has 0 bridgehead atoms. The van der Waals surface area contributed by atoms with E-state index in [-0.39, 0.29) is 23.2 Å². The highest BCUT2D eigenvalue weighted by Crippen LogP contribution is 2.39. The van der Waals surface area contributed by atoms with Gasteiger partial charge in [-0.2, -0.15) is 0 Å². The first kappa shape index (κ1) is 15.7. The van der Waals surface area contributed by atoms with Crippen molar-refractivity contribution in [3.63, 3.8) is 0 Å². The highest BCUT2D eigenvalue weighted by Gasteiger charge is 2.30. The number of carbonyl (C=O) groups excluding carboxylic acids is 1. The minimum Gasteiger partial charge on any atom is -0.502 e. The molecule has 7 heteroatoms. The Labute approximate surface area is 132 Å². The molecule has 112 valence electrons. The van der Waals surface area contributed by atoms with E-state index in [4.69, 9.17) is 21.7 Å². The van der Waals surface area contributed by atoms with Gasteiger partial charge in [0, 0.05) is 6.54 Å². The molecule has 0 saturated carbocycles. The van der Waals surface area contributed by atoms with Gasteiger partial charge in [0.1, 0.15) is 4.32 Å². The molecule has 1 aromatic carbocycles. The molecule has 1 aliphatic rings. The molecule has 0 spiro atoms. The molecule has 1 aromatic rings. The van der Waals surface area contributed by atoms with Gasteiger partial charge in [0.15, 0.2) is 11.5 Å². The zero-order valence-corrected chi connectivity index (χ0v) is 13.5. The second-order valence-corrected chi connectivity index (χ2v) is 5.88. The molecule has 5 nitrogen and oxygen atoms in total. The fraction of sp³-hybridized carbons (Fsp3) is 0.286. The molecule has 2 rings (SSSR count). The molecule has 1 amide bonds. The van der Waals surface area contributed by atoms with E-state index in [9.17, 15) is 9.90 Å². The van der Waals surface area contributed by atoms with Crippen LogP contribution >= 0.6 is 24.0 Å². The Morgan fingerprint density at radius 1 is 1.33 bits per heavy atom. The van der Waals surface area contributed by atoms with Crippen molar-refractivity contribution in [2.75, 3.05) is 20.8 Å². The number of hydrogen-bond acceptors (Lipinski definition) is 6. The van der Waals surface area contributed by atoms with Crippen LogP contribution in [0.5, 0.6) is 17.2 Å². The number of thiocarbonyl (C=S) groups is 1. The summed E-state index contributed by atoms with van der Waals surface area (Å²) in [5.41, 5.74) is 0.693. The third kappa shape index (κ3) is 2.98. The number of likely N-dealkylation sites (N-methyl/N-ethyl adjacent to an activating group) is 1. The molecule has 0 aliphatic carbocycles. The van der Waals surface area contributed by atoms with Crippen LogP contribution in [0.2, 0.25) is 0 Å². The van der Waals surface area contributed by atoms with Crippen LogP contribution in [0.25, 0.3) is 6.08 Å². The number of ether oxygens (including phenoxy) is 2. The van der Waals surface area contributed by atoms with Crippen molar-refractivity contribution in [2.45, 2.75) is 6.92 Å². The molecule has 1 aliphatic heterocycles. The Kier molecular flexibility index (Phi) is 4.74. The van der Waals surface area contributed by atoms with Crippen LogP contribution in [-0.2, 0) is 4.79 Å². The Bertz CT molecular complexity index is 602. The van der Waals surface area contributed by atoms with Gasteiger partial charge in [0.05, 0.1) is 19.1 Å². The van der Waals surface area contributed by atoms with E-state index in [1.807, 2.05) is 6.92 Å². The summed E-state index contributed by atoms with van der Waals surface area (Å²) in [5.74, 6) is 0.384. The van der Waals surface area contributed by atoms with Gasteiger partial charge >= 0.3 is 0 Å². The predicted molar refractivity (Wildman–Crippen MR) is 86.8 cm³/mol. The molecule has 21 heavy (non-hydrogen) atoms. The van der Waals surface area contributed by atoms with Gasteiger partial charge in [0.25, 0.3) is 5.91 Å². The summed E-state index contributed by atoms with van der Waals surface area (Å²) < 4.78 is 10.7. The van der Waals surface area contributed by atoms with Gasteiger partial charge in [-0.15, -0.1) is 0 Å². The maximum absolute atomic E-state index is 12.2. The highest BCUT2D eigenvalue weighted by molar-refractivity contribution is 8.26. The first-order chi connectivity index (χ1) is 10.0. The molecule has 0 radical (unpaired) electrons. The number of thioether (sulfide) groups is 1. The lowest BCUT2D eigenvalue weighted by Gasteiger charge is -2.10. The molecule has 1 fully saturated rings. The average Bonchev–Trinajstić information content (AvgIpc) is 2.74. The minimum atomic E-state index is -0.112. The maximum atomic E-state index is 12.2. The first-order valence-electron chi connectivity index (χ1n) is 6.22. The van der Waals surface area contributed by atoms with Crippen molar-refractivity contribution in [2.24, 2.45) is 0 Å². The molecule has 1 saturated heterocycles. The Hall–Kier alpha value is -1.73. The third-order valence-corrected chi connectivity index (χ3v) is 4.37. The summed E-state index contributed by atoms with van der Waals surface area (Å²) >= 11 is 6.42. The van der Waals surface area contributed by atoms with Gasteiger partial charge in [0.2, 0.25) is 5.75 Å². The lowest BCUT2D eigenvalue weighted by molar-refractivity contribution is -0.121. The van der Waals surface area contributed by atoms with Gasteiger partial charge in [-0.25, -0.2) is 0 Å². The van der Waals surface area contributed by atoms with Gasteiger partial charge in [-0.1, -0.05) is 24.0 Å². The van der Waals surface area contributed by atoms with Crippen LogP contribution in [0.3, 0.4) is 0 Å². The number of rotatable bonds is 4. The highest BCUT2D eigenvalue weighted by atomic mass is 32.2. The lowest BCUT2D eigenvalue weighted by Crippen LogP contribution is -2.27. The third-order valence-electron chi connectivity index (χ3n) is 2.99. The fourth-order valence-corrected chi connectivity index (χ4v) is 3.31. The number of amides is 1. The van der Waals surface area contributed by atoms with Crippen molar-refractivity contribution >= 4 is 40.3 Å². The molecule has 1 heterocycles. The van der Waals surface area contributed by atoms with Crippen LogP contribution in [0.15, 0.2) is 17.0 Å². The quantitative estimate of drug-likeness (QED) is 0.678. The van der Waals surface area contributed by atoms with Crippen molar-refractivity contribution in [3.05, 3.63) is 22.6 Å². The number of methoxy groups -OCH3 is 2. The average molecular weight is 325 g/mol. The largest absolute Gasteiger partial charge is 0.502 e. The summed E-state index contributed by atoms with van der Waals surface area (Å²) in [6.45, 7) is 2.42. The zero-order chi connectivity index (χ0) is 15.6. The monoisotopic (exact) mass is 325 g/mol. The number of aromatic hydroxyl groups is 1. The molecular formula is C14H15NO4S2. The minimum absolute atomic E-state index is 0.0711. The summed E-state index contributed by atoms with van der Waals surface area (Å²) in [7, 11) is 2.91. The number of hydrogen-bond donors (Lipinski definition) is 1. The van der Waals surface area contributed by atoms with E-state index in [1.165, 1.54) is 26.0 Å². The smallest absolute Gasteiger partial charge is 0.266 e. The van der Waals surface area contributed by atoms with Crippen LogP contribution in [-0.4, -0.2) is 41.0 Å². The van der Waals surface area contributed by atoms with Crippen LogP contribution in [0.1, 0.15) is 12.5 Å². The second kappa shape index (κ2) is 6.36. The number of benzene rings is 1. The maximum Gasteiger partial charge on any atom is 0.266 e. The van der Waals surface area contributed by atoms with Gasteiger partial charge in [-0.3, -0.25) is 9.69 Å². The van der Waals surface area contributed by atoms with E-state index >= 15 is 0 Å². The van der Waals surface area contributed by atoms with E-state index in [0.717, 1.165) is 0 Å². The van der Waals surface area contributed by atoms with Crippen LogP contribution < -0.4 is 9.47 Å². The molecule has 0 aromatic heterocycles. The molecule has 1 N–H and O–H groups in total. The fourth-order valence-electron chi connectivity index (χ4n) is 1.92. The summed E-state index contributed by atoms with van der Waals surface area (Å²) in [5, 5.41) is 9.88. The predicted octanol–water partition coefficient (Wildman–Crippen LogP) is 2.63. The van der Waals surface area contributed by atoms with E-state index in [2.05, 4.69) is 0 Å². The molecular weight excluding hydrogens is 310 g/mol. The Balaban J connectivity index is 2.42. The summed E-state index contributed by atoms with van der Waals surface area (Å²) in [4.78, 5) is 14.2. The standard InChI is InChI=1S/C14H15NO4S2/c1-4-15-13(17)11(21-14(15)20)7-8-5-9(18-2)12(16)10(6-8)19-3/h5-7,16H,4H2,1-3H3/b11-7-. The SMILES string of the molecule is CCN1C(=O)/C(=C/c2cc(OC)c(O)c(OC)c2)SC1=S. The normalized spacial score (nSPS) is 16.7. The van der Waals surface area contributed by atoms with E-state index in [0.29, 0.717) is 21.3 Å².